The fourth-order valence-corrected chi connectivity index (χ4v) is 4.62. The van der Waals surface area contributed by atoms with Crippen LogP contribution in [0.3, 0.4) is 0 Å². The Bertz CT molecular complexity index is 1180. The lowest BCUT2D eigenvalue weighted by Gasteiger charge is -2.37. The van der Waals surface area contributed by atoms with Crippen LogP contribution in [-0.4, -0.2) is 64.5 Å². The molecular weight excluding hydrogens is 474 g/mol. The van der Waals surface area contributed by atoms with Gasteiger partial charge in [0.15, 0.2) is 5.82 Å². The Morgan fingerprint density at radius 3 is 2.17 bits per heavy atom. The van der Waals surface area contributed by atoms with E-state index in [0.29, 0.717) is 31.2 Å². The molecule has 1 aliphatic heterocycles. The van der Waals surface area contributed by atoms with Crippen LogP contribution < -0.4 is 4.90 Å². The summed E-state index contributed by atoms with van der Waals surface area (Å²) in [6.45, 7) is 8.22. The van der Waals surface area contributed by atoms with E-state index in [4.69, 9.17) is 11.6 Å². The van der Waals surface area contributed by atoms with Gasteiger partial charge < -0.3 is 14.7 Å². The molecule has 0 radical (unpaired) electrons. The molecule has 0 bridgehead atoms. The minimum Gasteiger partial charge on any atom is -0.352 e. The summed E-state index contributed by atoms with van der Waals surface area (Å²) in [6, 6.07) is 21.1. The number of aromatic nitrogens is 2. The molecule has 1 fully saturated rings. The van der Waals surface area contributed by atoms with Crippen molar-refractivity contribution in [2.45, 2.75) is 26.8 Å². The zero-order valence-electron chi connectivity index (χ0n) is 21.0. The molecule has 0 N–H and O–H groups in total. The number of halogens is 1. The summed E-state index contributed by atoms with van der Waals surface area (Å²) in [4.78, 5) is 31.9. The summed E-state index contributed by atoms with van der Waals surface area (Å²) in [5.74, 6) is 0.527. The van der Waals surface area contributed by atoms with Crippen molar-refractivity contribution in [3.63, 3.8) is 0 Å². The van der Waals surface area contributed by atoms with Gasteiger partial charge in [-0.15, -0.1) is 10.2 Å². The molecule has 3 aromatic rings. The average molecular weight is 506 g/mol. The van der Waals surface area contributed by atoms with E-state index in [2.05, 4.69) is 15.1 Å². The summed E-state index contributed by atoms with van der Waals surface area (Å²) in [5.41, 5.74) is 2.59. The van der Waals surface area contributed by atoms with Crippen molar-refractivity contribution >= 4 is 29.2 Å². The molecular formula is C28H32ClN5O2. The average Bonchev–Trinajstić information content (AvgIpc) is 2.92. The third-order valence-electron chi connectivity index (χ3n) is 6.59. The first-order valence-corrected chi connectivity index (χ1v) is 12.7. The standard InChI is InChI=1S/C28H32ClN5O2/c1-20(2)28(36)34(21(3)22-9-5-4-6-10-22)19-27(35)33-17-15-32(16-18-33)26-14-13-25(30-31-26)23-11-7-8-12-24(23)29/h4-14,20-21H,15-19H2,1-3H3. The van der Waals surface area contributed by atoms with Gasteiger partial charge in [0, 0.05) is 37.7 Å². The van der Waals surface area contributed by atoms with Crippen LogP contribution in [-0.2, 0) is 9.59 Å². The predicted octanol–water partition coefficient (Wildman–Crippen LogP) is 4.69. The Morgan fingerprint density at radius 2 is 1.56 bits per heavy atom. The van der Waals surface area contributed by atoms with Crippen LogP contribution in [0.4, 0.5) is 5.82 Å². The maximum absolute atomic E-state index is 13.2. The molecule has 36 heavy (non-hydrogen) atoms. The molecule has 1 aliphatic rings. The van der Waals surface area contributed by atoms with Gasteiger partial charge in [0.2, 0.25) is 11.8 Å². The van der Waals surface area contributed by atoms with Crippen molar-refractivity contribution in [1.82, 2.24) is 20.0 Å². The Kier molecular flexibility index (Phi) is 8.21. The topological polar surface area (TPSA) is 69.6 Å². The van der Waals surface area contributed by atoms with E-state index in [1.54, 1.807) is 4.90 Å². The number of anilines is 1. The molecule has 2 amide bonds. The molecule has 2 heterocycles. The summed E-state index contributed by atoms with van der Waals surface area (Å²) in [5, 5.41) is 9.40. The molecule has 1 saturated heterocycles. The highest BCUT2D eigenvalue weighted by Gasteiger charge is 2.29. The van der Waals surface area contributed by atoms with Crippen LogP contribution in [0.1, 0.15) is 32.4 Å². The molecule has 0 saturated carbocycles. The van der Waals surface area contributed by atoms with E-state index in [-0.39, 0.29) is 30.3 Å². The molecule has 8 heteroatoms. The summed E-state index contributed by atoms with van der Waals surface area (Å²) < 4.78 is 0. The predicted molar refractivity (Wildman–Crippen MR) is 143 cm³/mol. The third-order valence-corrected chi connectivity index (χ3v) is 6.92. The van der Waals surface area contributed by atoms with Crippen molar-refractivity contribution < 1.29 is 9.59 Å². The number of benzene rings is 2. The molecule has 4 rings (SSSR count). The van der Waals surface area contributed by atoms with Crippen LogP contribution in [0, 0.1) is 5.92 Å². The molecule has 7 nitrogen and oxygen atoms in total. The van der Waals surface area contributed by atoms with Gasteiger partial charge >= 0.3 is 0 Å². The number of carbonyl (C=O) groups excluding carboxylic acids is 2. The fraction of sp³-hybridized carbons (Fsp3) is 0.357. The number of nitrogens with zero attached hydrogens (tertiary/aromatic N) is 5. The van der Waals surface area contributed by atoms with Crippen molar-refractivity contribution in [2.24, 2.45) is 5.92 Å². The first-order valence-electron chi connectivity index (χ1n) is 12.3. The van der Waals surface area contributed by atoms with Crippen LogP contribution in [0.5, 0.6) is 0 Å². The monoisotopic (exact) mass is 505 g/mol. The normalized spacial score (nSPS) is 14.6. The van der Waals surface area contributed by atoms with Gasteiger partial charge in [-0.25, -0.2) is 0 Å². The molecule has 0 spiro atoms. The van der Waals surface area contributed by atoms with E-state index in [1.165, 1.54) is 0 Å². The van der Waals surface area contributed by atoms with Crippen molar-refractivity contribution in [3.8, 4) is 11.3 Å². The van der Waals surface area contributed by atoms with E-state index in [1.807, 2.05) is 92.4 Å². The summed E-state index contributed by atoms with van der Waals surface area (Å²) in [7, 11) is 0. The Balaban J connectivity index is 1.38. The van der Waals surface area contributed by atoms with Crippen molar-refractivity contribution in [2.75, 3.05) is 37.6 Å². The molecule has 1 aromatic heterocycles. The maximum atomic E-state index is 13.2. The minimum atomic E-state index is -0.187. The van der Waals surface area contributed by atoms with Gasteiger partial charge in [0.25, 0.3) is 0 Å². The highest BCUT2D eigenvalue weighted by molar-refractivity contribution is 6.33. The highest BCUT2D eigenvalue weighted by Crippen LogP contribution is 2.27. The SMILES string of the molecule is CC(C)C(=O)N(CC(=O)N1CCN(c2ccc(-c3ccccc3Cl)nn2)CC1)C(C)c1ccccc1. The molecule has 188 valence electrons. The van der Waals surface area contributed by atoms with Gasteiger partial charge in [0.05, 0.1) is 16.8 Å². The van der Waals surface area contributed by atoms with Gasteiger partial charge in [-0.3, -0.25) is 9.59 Å². The molecule has 1 unspecified atom stereocenters. The molecule has 2 aromatic carbocycles. The maximum Gasteiger partial charge on any atom is 0.242 e. The second kappa shape index (κ2) is 11.5. The van der Waals surface area contributed by atoms with E-state index in [9.17, 15) is 9.59 Å². The highest BCUT2D eigenvalue weighted by atomic mass is 35.5. The zero-order chi connectivity index (χ0) is 25.7. The van der Waals surface area contributed by atoms with Crippen LogP contribution in [0.2, 0.25) is 5.02 Å². The number of rotatable bonds is 7. The summed E-state index contributed by atoms with van der Waals surface area (Å²) in [6.07, 6.45) is 0. The minimum absolute atomic E-state index is 0.0211. The second-order valence-corrected chi connectivity index (χ2v) is 9.74. The lowest BCUT2D eigenvalue weighted by Crippen LogP contribution is -2.52. The van der Waals surface area contributed by atoms with Gasteiger partial charge in [0.1, 0.15) is 6.54 Å². The molecule has 1 atom stereocenters. The third kappa shape index (κ3) is 5.85. The number of piperazine rings is 1. The number of carbonyl (C=O) groups is 2. The van der Waals surface area contributed by atoms with E-state index in [0.717, 1.165) is 22.6 Å². The van der Waals surface area contributed by atoms with E-state index < -0.39 is 0 Å². The number of amides is 2. The number of hydrogen-bond donors (Lipinski definition) is 0. The van der Waals surface area contributed by atoms with Gasteiger partial charge in [-0.05, 0) is 30.7 Å². The largest absolute Gasteiger partial charge is 0.352 e. The lowest BCUT2D eigenvalue weighted by atomic mass is 10.0. The van der Waals surface area contributed by atoms with Crippen molar-refractivity contribution in [3.05, 3.63) is 77.3 Å². The first kappa shape index (κ1) is 25.6. The Labute approximate surface area is 217 Å². The first-order chi connectivity index (χ1) is 17.3. The Morgan fingerprint density at radius 1 is 0.889 bits per heavy atom. The van der Waals surface area contributed by atoms with Crippen LogP contribution in [0.15, 0.2) is 66.7 Å². The van der Waals surface area contributed by atoms with Gasteiger partial charge in [-0.2, -0.15) is 0 Å². The lowest BCUT2D eigenvalue weighted by molar-refractivity contribution is -0.144. The number of hydrogen-bond acceptors (Lipinski definition) is 5. The van der Waals surface area contributed by atoms with Gasteiger partial charge in [-0.1, -0.05) is 74.0 Å². The summed E-state index contributed by atoms with van der Waals surface area (Å²) >= 11 is 6.28. The smallest absolute Gasteiger partial charge is 0.242 e. The zero-order valence-corrected chi connectivity index (χ0v) is 21.7. The van der Waals surface area contributed by atoms with Crippen LogP contribution >= 0.6 is 11.6 Å². The Hall–Kier alpha value is -3.45. The molecule has 0 aliphatic carbocycles. The van der Waals surface area contributed by atoms with E-state index >= 15 is 0 Å². The quantitative estimate of drug-likeness (QED) is 0.466. The fourth-order valence-electron chi connectivity index (χ4n) is 4.39. The van der Waals surface area contributed by atoms with Crippen molar-refractivity contribution in [1.29, 1.82) is 0 Å². The second-order valence-electron chi connectivity index (χ2n) is 9.33. The van der Waals surface area contributed by atoms with Crippen LogP contribution in [0.25, 0.3) is 11.3 Å².